The molecule has 2 amide bonds. The van der Waals surface area contributed by atoms with E-state index < -0.39 is 34.4 Å². The first kappa shape index (κ1) is 19.7. The molecular weight excluding hydrogens is 366 g/mol. The lowest BCUT2D eigenvalue weighted by Crippen LogP contribution is -2.45. The standard InChI is InChI=1S/C19H23N3O6/c1-11-16(18(24)28-13-6-4-2-3-5-7-13)17(21-19(25)20-11)12-8-9-15(23)14(10-12)22(26)27/h8-10,13,17,23H,2-7H2,1H3,(H2,20,21,25)/p-1. The Kier molecular flexibility index (Phi) is 5.81. The molecule has 9 nitrogen and oxygen atoms in total. The molecule has 1 atom stereocenters. The fraction of sp³-hybridized carbons (Fsp3) is 0.474. The van der Waals surface area contributed by atoms with Crippen LogP contribution in [0.4, 0.5) is 10.5 Å². The van der Waals surface area contributed by atoms with Crippen LogP contribution in [0.15, 0.2) is 29.5 Å². The Morgan fingerprint density at radius 2 is 1.89 bits per heavy atom. The highest BCUT2D eigenvalue weighted by Gasteiger charge is 2.34. The number of carbonyl (C=O) groups is 2. The molecule has 150 valence electrons. The molecule has 1 aromatic rings. The quantitative estimate of drug-likeness (QED) is 0.352. The first-order valence-electron chi connectivity index (χ1n) is 9.31. The molecule has 0 radical (unpaired) electrons. The van der Waals surface area contributed by atoms with E-state index >= 15 is 0 Å². The first-order chi connectivity index (χ1) is 13.4. The zero-order chi connectivity index (χ0) is 20.3. The Labute approximate surface area is 161 Å². The van der Waals surface area contributed by atoms with E-state index in [0.29, 0.717) is 5.70 Å². The van der Waals surface area contributed by atoms with Gasteiger partial charge in [0.2, 0.25) is 0 Å². The molecule has 0 aromatic heterocycles. The van der Waals surface area contributed by atoms with Crippen molar-refractivity contribution >= 4 is 17.7 Å². The zero-order valence-corrected chi connectivity index (χ0v) is 15.5. The summed E-state index contributed by atoms with van der Waals surface area (Å²) in [6, 6.07) is 2.04. The molecule has 1 aromatic carbocycles. The van der Waals surface area contributed by atoms with E-state index in [9.17, 15) is 24.8 Å². The molecule has 1 heterocycles. The van der Waals surface area contributed by atoms with Gasteiger partial charge >= 0.3 is 12.0 Å². The highest BCUT2D eigenvalue weighted by atomic mass is 16.6. The molecule has 0 bridgehead atoms. The van der Waals surface area contributed by atoms with Crippen LogP contribution in [0.25, 0.3) is 0 Å². The van der Waals surface area contributed by atoms with Crippen LogP contribution in [0.2, 0.25) is 0 Å². The number of nitro groups is 1. The highest BCUT2D eigenvalue weighted by Crippen LogP contribution is 2.33. The van der Waals surface area contributed by atoms with E-state index in [1.54, 1.807) is 6.92 Å². The Bertz CT molecular complexity index is 827. The smallest absolute Gasteiger partial charge is 0.338 e. The maximum atomic E-state index is 12.9. The molecule has 1 saturated carbocycles. The van der Waals surface area contributed by atoms with Gasteiger partial charge in [-0.3, -0.25) is 10.1 Å². The van der Waals surface area contributed by atoms with Gasteiger partial charge in [-0.05, 0) is 43.9 Å². The second kappa shape index (κ2) is 8.28. The van der Waals surface area contributed by atoms with Crippen molar-refractivity contribution in [3.05, 3.63) is 45.1 Å². The fourth-order valence-electron chi connectivity index (χ4n) is 3.65. The van der Waals surface area contributed by atoms with Crippen molar-refractivity contribution in [3.8, 4) is 5.75 Å². The van der Waals surface area contributed by atoms with Gasteiger partial charge in [-0.2, -0.15) is 0 Å². The van der Waals surface area contributed by atoms with Crippen LogP contribution in [-0.4, -0.2) is 23.0 Å². The van der Waals surface area contributed by atoms with Crippen molar-refractivity contribution in [2.45, 2.75) is 57.6 Å². The lowest BCUT2D eigenvalue weighted by atomic mass is 9.95. The number of urea groups is 1. The van der Waals surface area contributed by atoms with E-state index in [1.807, 2.05) is 0 Å². The van der Waals surface area contributed by atoms with Gasteiger partial charge in [0.25, 0.3) is 5.69 Å². The van der Waals surface area contributed by atoms with E-state index in [4.69, 9.17) is 4.74 Å². The number of allylic oxidation sites excluding steroid dienone is 1. The summed E-state index contributed by atoms with van der Waals surface area (Å²) in [5.41, 5.74) is 0.158. The molecule has 1 aliphatic carbocycles. The van der Waals surface area contributed by atoms with Gasteiger partial charge in [-0.25, -0.2) is 9.59 Å². The van der Waals surface area contributed by atoms with Crippen molar-refractivity contribution in [3.63, 3.8) is 0 Å². The van der Waals surface area contributed by atoms with Crippen LogP contribution in [0.3, 0.4) is 0 Å². The zero-order valence-electron chi connectivity index (χ0n) is 15.5. The number of hydrogen-bond donors (Lipinski definition) is 2. The SMILES string of the molecule is CC1=C(C(=O)OC2CCCCCC2)C(c2ccc([O-])c([N+](=O)[O-])c2)NC(=O)N1. The summed E-state index contributed by atoms with van der Waals surface area (Å²) in [4.78, 5) is 35.2. The van der Waals surface area contributed by atoms with Gasteiger partial charge in [0.05, 0.1) is 16.5 Å². The third-order valence-electron chi connectivity index (χ3n) is 5.08. The summed E-state index contributed by atoms with van der Waals surface area (Å²) in [5, 5.41) is 27.9. The van der Waals surface area contributed by atoms with Crippen LogP contribution in [-0.2, 0) is 9.53 Å². The largest absolute Gasteiger partial charge is 0.868 e. The predicted molar refractivity (Wildman–Crippen MR) is 97.2 cm³/mol. The van der Waals surface area contributed by atoms with Crippen LogP contribution < -0.4 is 15.7 Å². The lowest BCUT2D eigenvalue weighted by Gasteiger charge is -2.29. The van der Waals surface area contributed by atoms with E-state index in [1.165, 1.54) is 6.07 Å². The van der Waals surface area contributed by atoms with Gasteiger partial charge in [0.15, 0.2) is 0 Å². The summed E-state index contributed by atoms with van der Waals surface area (Å²) in [7, 11) is 0. The molecular formula is C19H22N3O6-. The number of ether oxygens (including phenoxy) is 1. The maximum Gasteiger partial charge on any atom is 0.338 e. The molecule has 3 rings (SSSR count). The summed E-state index contributed by atoms with van der Waals surface area (Å²) < 4.78 is 5.69. The number of esters is 1. The van der Waals surface area contributed by atoms with E-state index in [0.717, 1.165) is 50.7 Å². The first-order valence-corrected chi connectivity index (χ1v) is 9.31. The normalized spacial score (nSPS) is 20.8. The molecule has 9 heteroatoms. The monoisotopic (exact) mass is 388 g/mol. The molecule has 1 unspecified atom stereocenters. The number of nitrogens with zero attached hydrogens (tertiary/aromatic N) is 1. The summed E-state index contributed by atoms with van der Waals surface area (Å²) in [6.07, 6.45) is 5.60. The number of amides is 2. The average molecular weight is 388 g/mol. The number of benzene rings is 1. The van der Waals surface area contributed by atoms with Crippen molar-refractivity contribution in [2.24, 2.45) is 0 Å². The summed E-state index contributed by atoms with van der Waals surface area (Å²) in [6.45, 7) is 1.58. The van der Waals surface area contributed by atoms with Crippen molar-refractivity contribution in [1.29, 1.82) is 0 Å². The molecule has 28 heavy (non-hydrogen) atoms. The van der Waals surface area contributed by atoms with Gasteiger partial charge in [-0.1, -0.05) is 25.0 Å². The van der Waals surface area contributed by atoms with Gasteiger partial charge in [0, 0.05) is 11.8 Å². The minimum absolute atomic E-state index is 0.178. The minimum Gasteiger partial charge on any atom is -0.868 e. The van der Waals surface area contributed by atoms with E-state index in [-0.39, 0.29) is 17.2 Å². The Morgan fingerprint density at radius 1 is 1.21 bits per heavy atom. The number of nitrogens with one attached hydrogen (secondary N) is 2. The van der Waals surface area contributed by atoms with Crippen LogP contribution in [0.1, 0.15) is 57.1 Å². The molecule has 0 saturated heterocycles. The third kappa shape index (κ3) is 4.24. The Morgan fingerprint density at radius 3 is 2.54 bits per heavy atom. The van der Waals surface area contributed by atoms with Crippen molar-refractivity contribution in [1.82, 2.24) is 10.6 Å². The van der Waals surface area contributed by atoms with Crippen LogP contribution >= 0.6 is 0 Å². The number of hydrogen-bond acceptors (Lipinski definition) is 6. The van der Waals surface area contributed by atoms with E-state index in [2.05, 4.69) is 10.6 Å². The van der Waals surface area contributed by atoms with Crippen LogP contribution in [0.5, 0.6) is 5.75 Å². The molecule has 1 fully saturated rings. The van der Waals surface area contributed by atoms with Crippen molar-refractivity contribution in [2.75, 3.05) is 0 Å². The number of nitro benzene ring substituents is 1. The second-order valence-electron chi connectivity index (χ2n) is 7.07. The number of carbonyl (C=O) groups excluding carboxylic acids is 2. The maximum absolute atomic E-state index is 12.9. The Hall–Kier alpha value is -3.10. The average Bonchev–Trinajstić information content (AvgIpc) is 2.89. The van der Waals surface area contributed by atoms with Crippen LogP contribution in [0, 0.1) is 10.1 Å². The molecule has 1 aliphatic heterocycles. The summed E-state index contributed by atoms with van der Waals surface area (Å²) in [5.74, 6) is -1.31. The number of rotatable bonds is 4. The summed E-state index contributed by atoms with van der Waals surface area (Å²) >= 11 is 0. The third-order valence-corrected chi connectivity index (χ3v) is 5.08. The van der Waals surface area contributed by atoms with Crippen molar-refractivity contribution < 1.29 is 24.4 Å². The Balaban J connectivity index is 1.91. The van der Waals surface area contributed by atoms with Gasteiger partial charge in [-0.15, -0.1) is 0 Å². The topological polar surface area (TPSA) is 134 Å². The van der Waals surface area contributed by atoms with Gasteiger partial charge in [0.1, 0.15) is 6.10 Å². The van der Waals surface area contributed by atoms with Gasteiger partial charge < -0.3 is 20.5 Å². The fourth-order valence-corrected chi connectivity index (χ4v) is 3.65. The molecule has 2 N–H and O–H groups in total. The lowest BCUT2D eigenvalue weighted by molar-refractivity contribution is -0.398. The molecule has 2 aliphatic rings. The molecule has 0 spiro atoms. The minimum atomic E-state index is -0.939. The second-order valence-corrected chi connectivity index (χ2v) is 7.07. The highest BCUT2D eigenvalue weighted by molar-refractivity contribution is 5.95. The predicted octanol–water partition coefficient (Wildman–Crippen LogP) is 2.56.